The minimum Gasteiger partial charge on any atom is -0.352 e. The Hall–Kier alpha value is -3.60. The molecule has 4 N–H and O–H groups in total. The number of amides is 3. The van der Waals surface area contributed by atoms with Crippen molar-refractivity contribution in [1.29, 1.82) is 0 Å². The molecule has 0 saturated carbocycles. The highest BCUT2D eigenvalue weighted by atomic mass is 16.2. The summed E-state index contributed by atoms with van der Waals surface area (Å²) in [6.07, 6.45) is 0.745. The van der Waals surface area contributed by atoms with Gasteiger partial charge in [-0.1, -0.05) is 60.7 Å². The number of para-hydroxylation sites is 1. The van der Waals surface area contributed by atoms with Gasteiger partial charge in [-0.05, 0) is 41.3 Å². The van der Waals surface area contributed by atoms with Gasteiger partial charge in [-0.3, -0.25) is 4.79 Å². The second-order valence-corrected chi connectivity index (χ2v) is 6.19. The molecule has 27 heavy (non-hydrogen) atoms. The van der Waals surface area contributed by atoms with E-state index in [0.717, 1.165) is 23.2 Å². The summed E-state index contributed by atoms with van der Waals surface area (Å²) in [6.45, 7) is 0.330. The lowest BCUT2D eigenvalue weighted by Gasteiger charge is -2.12. The first kappa shape index (κ1) is 18.2. The van der Waals surface area contributed by atoms with Crippen LogP contribution in [0.4, 0.5) is 10.5 Å². The molecule has 0 fully saturated rings. The van der Waals surface area contributed by atoms with Crippen LogP contribution in [0, 0.1) is 0 Å². The summed E-state index contributed by atoms with van der Waals surface area (Å²) in [4.78, 5) is 23.4. The molecule has 0 saturated heterocycles. The van der Waals surface area contributed by atoms with Gasteiger partial charge in [-0.25, -0.2) is 4.79 Å². The zero-order valence-electron chi connectivity index (χ0n) is 14.8. The van der Waals surface area contributed by atoms with E-state index < -0.39 is 6.03 Å². The van der Waals surface area contributed by atoms with Crippen molar-refractivity contribution >= 4 is 17.6 Å². The number of nitrogens with two attached hydrogens (primary N) is 1. The number of urea groups is 1. The van der Waals surface area contributed by atoms with Crippen molar-refractivity contribution in [2.24, 2.45) is 5.73 Å². The Bertz CT molecular complexity index is 922. The van der Waals surface area contributed by atoms with Crippen molar-refractivity contribution < 1.29 is 9.59 Å². The van der Waals surface area contributed by atoms with E-state index in [1.165, 1.54) is 5.56 Å². The van der Waals surface area contributed by atoms with Crippen LogP contribution in [-0.2, 0) is 13.0 Å². The van der Waals surface area contributed by atoms with Gasteiger partial charge >= 0.3 is 6.03 Å². The molecule has 5 nitrogen and oxygen atoms in total. The zero-order valence-corrected chi connectivity index (χ0v) is 14.8. The number of benzene rings is 3. The number of anilines is 1. The largest absolute Gasteiger partial charge is 0.352 e. The molecule has 0 aliphatic rings. The number of hydrogen-bond donors (Lipinski definition) is 3. The predicted octanol–water partition coefficient (Wildman–Crippen LogP) is 3.70. The molecule has 0 spiro atoms. The fourth-order valence-corrected chi connectivity index (χ4v) is 2.77. The predicted molar refractivity (Wildman–Crippen MR) is 107 cm³/mol. The molecule has 0 bridgehead atoms. The van der Waals surface area contributed by atoms with Gasteiger partial charge in [-0.2, -0.15) is 0 Å². The lowest BCUT2D eigenvalue weighted by Crippen LogP contribution is -2.28. The van der Waals surface area contributed by atoms with E-state index in [0.29, 0.717) is 12.1 Å². The third kappa shape index (κ3) is 5.19. The number of hydrogen-bond acceptors (Lipinski definition) is 2. The van der Waals surface area contributed by atoms with Gasteiger partial charge < -0.3 is 16.4 Å². The van der Waals surface area contributed by atoms with Crippen molar-refractivity contribution in [2.45, 2.75) is 13.0 Å². The molecule has 3 amide bonds. The summed E-state index contributed by atoms with van der Waals surface area (Å²) in [5.41, 5.74) is 9.52. The average Bonchev–Trinajstić information content (AvgIpc) is 2.69. The summed E-state index contributed by atoms with van der Waals surface area (Å²) < 4.78 is 0. The van der Waals surface area contributed by atoms with Crippen molar-refractivity contribution in [2.75, 3.05) is 5.32 Å². The number of nitrogens with one attached hydrogen (secondary N) is 2. The first-order valence-corrected chi connectivity index (χ1v) is 8.67. The van der Waals surface area contributed by atoms with Crippen LogP contribution in [0.15, 0.2) is 78.9 Å². The number of primary amides is 1. The van der Waals surface area contributed by atoms with E-state index >= 15 is 0 Å². The van der Waals surface area contributed by atoms with Gasteiger partial charge in [0.2, 0.25) is 0 Å². The normalized spacial score (nSPS) is 10.2. The molecule has 136 valence electrons. The molecule has 3 rings (SSSR count). The number of rotatable bonds is 6. The Morgan fingerprint density at radius 1 is 0.778 bits per heavy atom. The monoisotopic (exact) mass is 359 g/mol. The van der Waals surface area contributed by atoms with Gasteiger partial charge in [0.15, 0.2) is 0 Å². The maximum atomic E-state index is 12.6. The second kappa shape index (κ2) is 8.67. The quantitative estimate of drug-likeness (QED) is 0.627. The standard InChI is InChI=1S/C22H21N3O2/c23-22(27)24-15-17-10-12-18(13-11-17)21(26)25-20-9-5-4-8-19(20)14-16-6-2-1-3-7-16/h1-13H,14-15H2,(H,25,26)(H3,23,24,27). The van der Waals surface area contributed by atoms with E-state index in [1.54, 1.807) is 24.3 Å². The zero-order chi connectivity index (χ0) is 19.1. The van der Waals surface area contributed by atoms with Gasteiger partial charge in [0.25, 0.3) is 5.91 Å². The maximum absolute atomic E-state index is 12.6. The van der Waals surface area contributed by atoms with Crippen LogP contribution in [0.25, 0.3) is 0 Å². The Kier molecular flexibility index (Phi) is 5.84. The lowest BCUT2D eigenvalue weighted by molar-refractivity contribution is 0.102. The highest BCUT2D eigenvalue weighted by molar-refractivity contribution is 6.04. The van der Waals surface area contributed by atoms with E-state index in [2.05, 4.69) is 22.8 Å². The Balaban J connectivity index is 1.70. The fourth-order valence-electron chi connectivity index (χ4n) is 2.77. The first-order valence-electron chi connectivity index (χ1n) is 8.67. The smallest absolute Gasteiger partial charge is 0.312 e. The van der Waals surface area contributed by atoms with Crippen LogP contribution >= 0.6 is 0 Å². The third-order valence-corrected chi connectivity index (χ3v) is 4.19. The van der Waals surface area contributed by atoms with Crippen molar-refractivity contribution in [3.63, 3.8) is 0 Å². The molecule has 5 heteroatoms. The molecule has 0 aliphatic carbocycles. The van der Waals surface area contributed by atoms with Crippen molar-refractivity contribution in [1.82, 2.24) is 5.32 Å². The van der Waals surface area contributed by atoms with Gasteiger partial charge in [-0.15, -0.1) is 0 Å². The summed E-state index contributed by atoms with van der Waals surface area (Å²) in [5, 5.41) is 5.51. The number of carbonyl (C=O) groups is 2. The van der Waals surface area contributed by atoms with Crippen LogP contribution in [0.2, 0.25) is 0 Å². The summed E-state index contributed by atoms with van der Waals surface area (Å²) in [5.74, 6) is -0.176. The number of carbonyl (C=O) groups excluding carboxylic acids is 2. The highest BCUT2D eigenvalue weighted by Crippen LogP contribution is 2.20. The van der Waals surface area contributed by atoms with Gasteiger partial charge in [0, 0.05) is 17.8 Å². The van der Waals surface area contributed by atoms with Gasteiger partial charge in [0.1, 0.15) is 0 Å². The Morgan fingerprint density at radius 3 is 2.15 bits per heavy atom. The van der Waals surface area contributed by atoms with E-state index in [1.807, 2.05) is 42.5 Å². The summed E-state index contributed by atoms with van der Waals surface area (Å²) in [7, 11) is 0. The second-order valence-electron chi connectivity index (χ2n) is 6.19. The summed E-state index contributed by atoms with van der Waals surface area (Å²) in [6, 6.07) is 24.4. The van der Waals surface area contributed by atoms with E-state index in [9.17, 15) is 9.59 Å². The average molecular weight is 359 g/mol. The molecule has 0 radical (unpaired) electrons. The highest BCUT2D eigenvalue weighted by Gasteiger charge is 2.09. The topological polar surface area (TPSA) is 84.2 Å². The molecule has 3 aromatic carbocycles. The Labute approximate surface area is 158 Å². The maximum Gasteiger partial charge on any atom is 0.312 e. The van der Waals surface area contributed by atoms with Crippen molar-refractivity contribution in [3.8, 4) is 0 Å². The molecule has 0 unspecified atom stereocenters. The summed E-state index contributed by atoms with van der Waals surface area (Å²) >= 11 is 0. The van der Waals surface area contributed by atoms with Crippen LogP contribution in [0.1, 0.15) is 27.0 Å². The molecular weight excluding hydrogens is 338 g/mol. The third-order valence-electron chi connectivity index (χ3n) is 4.19. The van der Waals surface area contributed by atoms with Crippen LogP contribution in [-0.4, -0.2) is 11.9 Å². The molecule has 0 heterocycles. The van der Waals surface area contributed by atoms with E-state index in [4.69, 9.17) is 5.73 Å². The van der Waals surface area contributed by atoms with Crippen molar-refractivity contribution in [3.05, 3.63) is 101 Å². The SMILES string of the molecule is NC(=O)NCc1ccc(C(=O)Nc2ccccc2Cc2ccccc2)cc1. The molecule has 0 aromatic heterocycles. The fraction of sp³-hybridized carbons (Fsp3) is 0.0909. The van der Waals surface area contributed by atoms with E-state index in [-0.39, 0.29) is 5.91 Å². The molecule has 0 aliphatic heterocycles. The Morgan fingerprint density at radius 2 is 1.44 bits per heavy atom. The van der Waals surface area contributed by atoms with Crippen LogP contribution in [0.3, 0.4) is 0 Å². The van der Waals surface area contributed by atoms with Gasteiger partial charge in [0.05, 0.1) is 0 Å². The minimum atomic E-state index is -0.577. The van der Waals surface area contributed by atoms with Crippen LogP contribution < -0.4 is 16.4 Å². The molecule has 0 atom stereocenters. The first-order chi connectivity index (χ1) is 13.1. The van der Waals surface area contributed by atoms with Crippen LogP contribution in [0.5, 0.6) is 0 Å². The lowest BCUT2D eigenvalue weighted by atomic mass is 10.0. The molecule has 3 aromatic rings. The minimum absolute atomic E-state index is 0.176. The molecular formula is C22H21N3O2.